The molecule has 0 aliphatic heterocycles. The van der Waals surface area contributed by atoms with Crippen LogP contribution in [0.1, 0.15) is 40.3 Å². The second-order valence-corrected chi connectivity index (χ2v) is 6.70. The van der Waals surface area contributed by atoms with Crippen molar-refractivity contribution in [2.75, 3.05) is 12.4 Å². The van der Waals surface area contributed by atoms with Gasteiger partial charge in [0.1, 0.15) is 6.26 Å². The predicted octanol–water partition coefficient (Wildman–Crippen LogP) is 4.70. The van der Waals surface area contributed by atoms with Crippen molar-refractivity contribution in [1.29, 1.82) is 0 Å². The van der Waals surface area contributed by atoms with Crippen LogP contribution >= 0.6 is 0 Å². The molecule has 168 valence electrons. The molecule has 0 atom stereocenters. The molecule has 1 heterocycles. The molecule has 1 aliphatic rings. The monoisotopic (exact) mass is 451 g/mol. The molecule has 2 amide bonds. The molecule has 1 saturated carbocycles. The fraction of sp³-hybridized carbons (Fsp3) is 0.389. The highest BCUT2D eigenvalue weighted by Gasteiger charge is 2.38. The standard InChI is InChI=1S/C18H15F6N3O4/c1-30-15(28)13-8-31-14(26-13)7-27(12-2-3-12)16(29)25-11-5-9(17(19,20)21)4-10(6-11)18(22,23)24/h4-6,8,12H,2-3,7H2,1H3,(H,25,29). The lowest BCUT2D eigenvalue weighted by molar-refractivity contribution is -0.143. The first-order chi connectivity index (χ1) is 14.4. The maximum Gasteiger partial charge on any atom is 0.416 e. The van der Waals surface area contributed by atoms with Crippen LogP contribution in [-0.4, -0.2) is 35.0 Å². The van der Waals surface area contributed by atoms with Gasteiger partial charge in [-0.05, 0) is 31.0 Å². The van der Waals surface area contributed by atoms with E-state index in [1.165, 1.54) is 0 Å². The van der Waals surface area contributed by atoms with Crippen molar-refractivity contribution in [1.82, 2.24) is 9.88 Å². The number of carbonyl (C=O) groups excluding carboxylic acids is 2. The maximum atomic E-state index is 13.0. The molecule has 13 heteroatoms. The summed E-state index contributed by atoms with van der Waals surface area (Å²) in [5, 5.41) is 2.08. The molecule has 0 saturated heterocycles. The van der Waals surface area contributed by atoms with Crippen molar-refractivity contribution >= 4 is 17.7 Å². The minimum atomic E-state index is -5.04. The highest BCUT2D eigenvalue weighted by Crippen LogP contribution is 2.38. The summed E-state index contributed by atoms with van der Waals surface area (Å²) >= 11 is 0. The molecule has 1 aromatic heterocycles. The molecule has 0 spiro atoms. The van der Waals surface area contributed by atoms with Crippen LogP contribution in [0.4, 0.5) is 36.8 Å². The number of ether oxygens (including phenoxy) is 1. The van der Waals surface area contributed by atoms with Gasteiger partial charge in [-0.3, -0.25) is 0 Å². The first-order valence-electron chi connectivity index (χ1n) is 8.78. The second-order valence-electron chi connectivity index (χ2n) is 6.70. The summed E-state index contributed by atoms with van der Waals surface area (Å²) in [5.41, 5.74) is -3.92. The number of amides is 2. The van der Waals surface area contributed by atoms with Crippen molar-refractivity contribution in [2.24, 2.45) is 0 Å². The number of rotatable bonds is 5. The minimum Gasteiger partial charge on any atom is -0.464 e. The molecule has 7 nitrogen and oxygen atoms in total. The highest BCUT2D eigenvalue weighted by molar-refractivity contribution is 5.90. The summed E-state index contributed by atoms with van der Waals surface area (Å²) in [6, 6.07) is -0.443. The first kappa shape index (κ1) is 22.4. The molecule has 1 aromatic carbocycles. The Morgan fingerprint density at radius 1 is 1.13 bits per heavy atom. The number of hydrogen-bond donors (Lipinski definition) is 1. The number of oxazole rings is 1. The molecule has 0 bridgehead atoms. The summed E-state index contributed by atoms with van der Waals surface area (Å²) < 4.78 is 87.6. The minimum absolute atomic E-state index is 0.0323. The Morgan fingerprint density at radius 2 is 1.71 bits per heavy atom. The van der Waals surface area contributed by atoms with E-state index in [2.05, 4.69) is 15.0 Å². The van der Waals surface area contributed by atoms with E-state index in [0.717, 1.165) is 18.3 Å². The van der Waals surface area contributed by atoms with Crippen LogP contribution in [0.2, 0.25) is 0 Å². The van der Waals surface area contributed by atoms with E-state index in [1.54, 1.807) is 0 Å². The quantitative estimate of drug-likeness (QED) is 0.527. The average Bonchev–Trinajstić information content (AvgIpc) is 3.41. The predicted molar refractivity (Wildman–Crippen MR) is 91.9 cm³/mol. The van der Waals surface area contributed by atoms with Crippen LogP contribution in [0.15, 0.2) is 28.9 Å². The number of carbonyl (C=O) groups is 2. The molecular formula is C18H15F6N3O4. The van der Waals surface area contributed by atoms with Gasteiger partial charge >= 0.3 is 24.4 Å². The van der Waals surface area contributed by atoms with Gasteiger partial charge in [0, 0.05) is 11.7 Å². The van der Waals surface area contributed by atoms with Crippen LogP contribution in [0, 0.1) is 0 Å². The number of halogens is 6. The smallest absolute Gasteiger partial charge is 0.416 e. The zero-order valence-corrected chi connectivity index (χ0v) is 15.8. The Labute approximate surface area is 171 Å². The van der Waals surface area contributed by atoms with Gasteiger partial charge in [0.25, 0.3) is 0 Å². The fourth-order valence-corrected chi connectivity index (χ4v) is 2.70. The van der Waals surface area contributed by atoms with Gasteiger partial charge in [-0.15, -0.1) is 0 Å². The molecule has 0 unspecified atom stereocenters. The molecular weight excluding hydrogens is 436 g/mol. The van der Waals surface area contributed by atoms with E-state index >= 15 is 0 Å². The van der Waals surface area contributed by atoms with Crippen molar-refractivity contribution in [3.8, 4) is 0 Å². The molecule has 0 radical (unpaired) electrons. The lowest BCUT2D eigenvalue weighted by Gasteiger charge is -2.22. The van der Waals surface area contributed by atoms with E-state index in [0.29, 0.717) is 25.0 Å². The van der Waals surface area contributed by atoms with Gasteiger partial charge in [0.15, 0.2) is 5.69 Å². The van der Waals surface area contributed by atoms with Crippen LogP contribution in [0.25, 0.3) is 0 Å². The Bertz CT molecular complexity index is 949. The third-order valence-corrected chi connectivity index (χ3v) is 4.34. The van der Waals surface area contributed by atoms with Crippen LogP contribution in [0.3, 0.4) is 0 Å². The summed E-state index contributed by atoms with van der Waals surface area (Å²) in [7, 11) is 1.13. The number of alkyl halides is 6. The summed E-state index contributed by atoms with van der Waals surface area (Å²) in [6.45, 7) is -0.251. The second kappa shape index (κ2) is 8.12. The van der Waals surface area contributed by atoms with E-state index < -0.39 is 41.2 Å². The first-order valence-corrected chi connectivity index (χ1v) is 8.78. The van der Waals surface area contributed by atoms with Crippen molar-refractivity contribution in [2.45, 2.75) is 37.8 Å². The zero-order chi connectivity index (χ0) is 23.0. The molecule has 3 rings (SSSR count). The van der Waals surface area contributed by atoms with Gasteiger partial charge in [-0.25, -0.2) is 14.6 Å². The third kappa shape index (κ3) is 5.47. The number of nitrogens with zero attached hydrogens (tertiary/aromatic N) is 2. The number of anilines is 1. The number of esters is 1. The molecule has 1 fully saturated rings. The average molecular weight is 451 g/mol. The summed E-state index contributed by atoms with van der Waals surface area (Å²) in [6.07, 6.45) is -7.92. The number of aromatic nitrogens is 1. The Hall–Kier alpha value is -3.25. The topological polar surface area (TPSA) is 84.7 Å². The Kier molecular flexibility index (Phi) is 5.87. The Balaban J connectivity index is 1.82. The van der Waals surface area contributed by atoms with E-state index in [4.69, 9.17) is 4.42 Å². The van der Waals surface area contributed by atoms with Crippen molar-refractivity contribution in [3.63, 3.8) is 0 Å². The zero-order valence-electron chi connectivity index (χ0n) is 15.8. The van der Waals surface area contributed by atoms with Gasteiger partial charge in [0.05, 0.1) is 24.8 Å². The molecule has 31 heavy (non-hydrogen) atoms. The lowest BCUT2D eigenvalue weighted by atomic mass is 10.1. The Morgan fingerprint density at radius 3 is 2.19 bits per heavy atom. The maximum absolute atomic E-state index is 13.0. The van der Waals surface area contributed by atoms with Gasteiger partial charge in [0.2, 0.25) is 5.89 Å². The molecule has 1 N–H and O–H groups in total. The van der Waals surface area contributed by atoms with Gasteiger partial charge < -0.3 is 19.4 Å². The summed E-state index contributed by atoms with van der Waals surface area (Å²) in [5.74, 6) is -0.830. The van der Waals surface area contributed by atoms with E-state index in [9.17, 15) is 35.9 Å². The van der Waals surface area contributed by atoms with E-state index in [1.807, 2.05) is 0 Å². The SMILES string of the molecule is COC(=O)c1coc(CN(C(=O)Nc2cc(C(F)(F)F)cc(C(F)(F)F)c2)C2CC2)n1. The number of benzene rings is 1. The molecule has 1 aliphatic carbocycles. The lowest BCUT2D eigenvalue weighted by Crippen LogP contribution is -2.36. The molecule has 2 aromatic rings. The number of hydrogen-bond acceptors (Lipinski definition) is 5. The van der Waals surface area contributed by atoms with Crippen LogP contribution in [-0.2, 0) is 23.6 Å². The third-order valence-electron chi connectivity index (χ3n) is 4.34. The van der Waals surface area contributed by atoms with Gasteiger partial charge in [-0.1, -0.05) is 0 Å². The normalized spacial score (nSPS) is 14.3. The number of nitrogens with one attached hydrogen (secondary N) is 1. The highest BCUT2D eigenvalue weighted by atomic mass is 19.4. The number of urea groups is 1. The fourth-order valence-electron chi connectivity index (χ4n) is 2.70. The van der Waals surface area contributed by atoms with Crippen molar-refractivity contribution < 1.29 is 45.1 Å². The van der Waals surface area contributed by atoms with Crippen LogP contribution in [0.5, 0.6) is 0 Å². The largest absolute Gasteiger partial charge is 0.464 e. The number of methoxy groups -OCH3 is 1. The van der Waals surface area contributed by atoms with E-state index in [-0.39, 0.29) is 30.2 Å². The van der Waals surface area contributed by atoms with Crippen LogP contribution < -0.4 is 5.32 Å². The van der Waals surface area contributed by atoms with Gasteiger partial charge in [-0.2, -0.15) is 26.3 Å². The summed E-state index contributed by atoms with van der Waals surface area (Å²) in [4.78, 5) is 29.1. The van der Waals surface area contributed by atoms with Crippen molar-refractivity contribution in [3.05, 3.63) is 47.2 Å².